The van der Waals surface area contributed by atoms with Crippen molar-refractivity contribution in [3.8, 4) is 11.8 Å². The van der Waals surface area contributed by atoms with E-state index < -0.39 is 22.0 Å². The maximum Gasteiger partial charge on any atom is 0.321 e. The van der Waals surface area contributed by atoms with E-state index in [1.54, 1.807) is 0 Å². The number of carboxylic acids is 1. The van der Waals surface area contributed by atoms with Gasteiger partial charge in [0.2, 0.25) is 10.0 Å². The minimum Gasteiger partial charge on any atom is -0.480 e. The fourth-order valence-corrected chi connectivity index (χ4v) is 1.76. The van der Waals surface area contributed by atoms with Gasteiger partial charge in [0.15, 0.2) is 0 Å². The number of rotatable bonds is 4. The second-order valence-corrected chi connectivity index (χ2v) is 4.74. The smallest absolute Gasteiger partial charge is 0.321 e. The molecule has 0 saturated heterocycles. The summed E-state index contributed by atoms with van der Waals surface area (Å²) in [5.74, 6) is 3.30. The molecule has 1 N–H and O–H groups in total. The summed E-state index contributed by atoms with van der Waals surface area (Å²) in [6, 6.07) is -1.07. The average Bonchev–Trinajstić information content (AvgIpc) is 2.12. The SMILES string of the molecule is CC#CCS(=O)(=O)N(C)C(C)C(=O)O. The van der Waals surface area contributed by atoms with Gasteiger partial charge >= 0.3 is 5.97 Å². The number of nitrogens with zero attached hydrogens (tertiary/aromatic N) is 1. The highest BCUT2D eigenvalue weighted by molar-refractivity contribution is 7.89. The van der Waals surface area contributed by atoms with Gasteiger partial charge in [-0.2, -0.15) is 4.31 Å². The number of likely N-dealkylation sites (N-methyl/N-ethyl adjacent to an activating group) is 1. The molecule has 0 radical (unpaired) electrons. The van der Waals surface area contributed by atoms with Gasteiger partial charge in [0, 0.05) is 7.05 Å². The first-order valence-corrected chi connectivity index (χ1v) is 5.52. The van der Waals surface area contributed by atoms with Crippen LogP contribution in [0.25, 0.3) is 0 Å². The molecule has 0 aliphatic heterocycles. The Morgan fingerprint density at radius 3 is 2.43 bits per heavy atom. The van der Waals surface area contributed by atoms with E-state index in [-0.39, 0.29) is 5.75 Å². The second kappa shape index (κ2) is 4.98. The summed E-state index contributed by atoms with van der Waals surface area (Å²) in [5, 5.41) is 8.60. The molecule has 0 aromatic rings. The van der Waals surface area contributed by atoms with Crippen molar-refractivity contribution in [1.82, 2.24) is 4.31 Å². The molecule has 0 aliphatic carbocycles. The molecular weight excluding hydrogens is 206 g/mol. The van der Waals surface area contributed by atoms with Crippen molar-refractivity contribution in [1.29, 1.82) is 0 Å². The number of sulfonamides is 1. The molecule has 1 atom stereocenters. The summed E-state index contributed by atoms with van der Waals surface area (Å²) in [4.78, 5) is 10.5. The van der Waals surface area contributed by atoms with Crippen LogP contribution in [-0.2, 0) is 14.8 Å². The highest BCUT2D eigenvalue weighted by Gasteiger charge is 2.26. The fraction of sp³-hybridized carbons (Fsp3) is 0.625. The fourth-order valence-electron chi connectivity index (χ4n) is 0.662. The Labute approximate surface area is 83.8 Å². The first-order valence-electron chi connectivity index (χ1n) is 3.91. The first kappa shape index (κ1) is 12.9. The minimum atomic E-state index is -3.59. The molecule has 0 saturated carbocycles. The van der Waals surface area contributed by atoms with E-state index in [4.69, 9.17) is 5.11 Å². The normalized spacial score (nSPS) is 13.1. The van der Waals surface area contributed by atoms with Gasteiger partial charge in [0.05, 0.1) is 0 Å². The zero-order valence-electron chi connectivity index (χ0n) is 8.31. The Balaban J connectivity index is 4.72. The molecule has 14 heavy (non-hydrogen) atoms. The molecule has 6 heteroatoms. The summed E-state index contributed by atoms with van der Waals surface area (Å²) in [6.45, 7) is 2.83. The summed E-state index contributed by atoms with van der Waals surface area (Å²) in [5.41, 5.74) is 0. The zero-order chi connectivity index (χ0) is 11.4. The van der Waals surface area contributed by atoms with Crippen LogP contribution in [0.5, 0.6) is 0 Å². The lowest BCUT2D eigenvalue weighted by Crippen LogP contribution is -2.41. The lowest BCUT2D eigenvalue weighted by molar-refractivity contribution is -0.140. The molecule has 80 valence electrons. The van der Waals surface area contributed by atoms with Crippen molar-refractivity contribution in [3.63, 3.8) is 0 Å². The summed E-state index contributed by atoms with van der Waals surface area (Å²) < 4.78 is 23.6. The summed E-state index contributed by atoms with van der Waals surface area (Å²) >= 11 is 0. The van der Waals surface area contributed by atoms with Gasteiger partial charge in [-0.3, -0.25) is 4.79 Å². The quantitative estimate of drug-likeness (QED) is 0.661. The van der Waals surface area contributed by atoms with Crippen molar-refractivity contribution < 1.29 is 18.3 Å². The van der Waals surface area contributed by atoms with Crippen LogP contribution in [0.3, 0.4) is 0 Å². The van der Waals surface area contributed by atoms with Crippen LogP contribution in [0, 0.1) is 11.8 Å². The standard InChI is InChI=1S/C8H13NO4S/c1-4-5-6-14(12,13)9(3)7(2)8(10)11/h7H,6H2,1-3H3,(H,10,11). The van der Waals surface area contributed by atoms with Crippen molar-refractivity contribution >= 4 is 16.0 Å². The molecule has 0 amide bonds. The molecule has 0 aliphatic rings. The van der Waals surface area contributed by atoms with Gasteiger partial charge in [-0.25, -0.2) is 8.42 Å². The Hall–Kier alpha value is -1.06. The molecule has 0 aromatic heterocycles. The largest absolute Gasteiger partial charge is 0.480 e. The van der Waals surface area contributed by atoms with Gasteiger partial charge in [-0.05, 0) is 13.8 Å². The maximum atomic E-state index is 11.4. The second-order valence-electron chi connectivity index (χ2n) is 2.71. The van der Waals surface area contributed by atoms with E-state index in [1.165, 1.54) is 20.9 Å². The molecule has 0 bridgehead atoms. The number of hydrogen-bond acceptors (Lipinski definition) is 3. The van der Waals surface area contributed by atoms with Crippen LogP contribution in [0.15, 0.2) is 0 Å². The van der Waals surface area contributed by atoms with Crippen molar-refractivity contribution in [3.05, 3.63) is 0 Å². The third-order valence-corrected chi connectivity index (χ3v) is 3.48. The molecule has 1 unspecified atom stereocenters. The number of aliphatic carboxylic acids is 1. The third-order valence-electron chi connectivity index (χ3n) is 1.77. The maximum absolute atomic E-state index is 11.4. The lowest BCUT2D eigenvalue weighted by Gasteiger charge is -2.19. The minimum absolute atomic E-state index is 0.350. The highest BCUT2D eigenvalue weighted by atomic mass is 32.2. The summed E-state index contributed by atoms with van der Waals surface area (Å²) in [7, 11) is -2.36. The molecule has 0 heterocycles. The highest BCUT2D eigenvalue weighted by Crippen LogP contribution is 2.04. The van der Waals surface area contributed by atoms with Crippen LogP contribution >= 0.6 is 0 Å². The monoisotopic (exact) mass is 219 g/mol. The predicted molar refractivity (Wildman–Crippen MR) is 52.1 cm³/mol. The molecule has 0 fully saturated rings. The van der Waals surface area contributed by atoms with E-state index in [0.29, 0.717) is 0 Å². The number of carbonyl (C=O) groups is 1. The van der Waals surface area contributed by atoms with E-state index >= 15 is 0 Å². The van der Waals surface area contributed by atoms with Crippen molar-refractivity contribution in [2.24, 2.45) is 0 Å². The molecule has 0 rings (SSSR count). The van der Waals surface area contributed by atoms with Gasteiger partial charge in [0.25, 0.3) is 0 Å². The van der Waals surface area contributed by atoms with Gasteiger partial charge < -0.3 is 5.11 Å². The Morgan fingerprint density at radius 1 is 1.57 bits per heavy atom. The zero-order valence-corrected chi connectivity index (χ0v) is 9.13. The first-order chi connectivity index (χ1) is 6.33. The van der Waals surface area contributed by atoms with E-state index in [1.807, 2.05) is 0 Å². The molecule has 0 aromatic carbocycles. The van der Waals surface area contributed by atoms with Gasteiger partial charge in [-0.15, -0.1) is 5.92 Å². The van der Waals surface area contributed by atoms with Crippen LogP contribution in [0.1, 0.15) is 13.8 Å². The van der Waals surface area contributed by atoms with Crippen LogP contribution in [-0.4, -0.2) is 42.6 Å². The number of hydrogen-bond donors (Lipinski definition) is 1. The Bertz CT molecular complexity index is 363. The third kappa shape index (κ3) is 3.36. The molecular formula is C8H13NO4S. The van der Waals surface area contributed by atoms with Gasteiger partial charge in [0.1, 0.15) is 11.8 Å². The van der Waals surface area contributed by atoms with Crippen LogP contribution in [0.2, 0.25) is 0 Å². The van der Waals surface area contributed by atoms with Crippen LogP contribution in [0.4, 0.5) is 0 Å². The van der Waals surface area contributed by atoms with Crippen molar-refractivity contribution in [2.45, 2.75) is 19.9 Å². The topological polar surface area (TPSA) is 74.7 Å². The lowest BCUT2D eigenvalue weighted by atomic mass is 10.4. The van der Waals surface area contributed by atoms with E-state index in [2.05, 4.69) is 11.8 Å². The Morgan fingerprint density at radius 2 is 2.07 bits per heavy atom. The molecule has 5 nitrogen and oxygen atoms in total. The number of carboxylic acid groups (broad SMARTS) is 1. The summed E-state index contributed by atoms with van der Waals surface area (Å²) in [6.07, 6.45) is 0. The Kier molecular flexibility index (Phi) is 4.60. The average molecular weight is 219 g/mol. The van der Waals surface area contributed by atoms with E-state index in [0.717, 1.165) is 4.31 Å². The van der Waals surface area contributed by atoms with Crippen molar-refractivity contribution in [2.75, 3.05) is 12.8 Å². The predicted octanol–water partition coefficient (Wildman–Crippen LogP) is -0.256. The van der Waals surface area contributed by atoms with Gasteiger partial charge in [-0.1, -0.05) is 5.92 Å². The molecule has 0 spiro atoms. The van der Waals surface area contributed by atoms with Crippen LogP contribution < -0.4 is 0 Å². The van der Waals surface area contributed by atoms with E-state index in [9.17, 15) is 13.2 Å².